The van der Waals surface area contributed by atoms with E-state index in [2.05, 4.69) is 10.3 Å². The number of alkyl halides is 3. The predicted molar refractivity (Wildman–Crippen MR) is 92.4 cm³/mol. The van der Waals surface area contributed by atoms with Gasteiger partial charge in [0.15, 0.2) is 5.43 Å². The number of ether oxygens (including phenoxy) is 1. The molecule has 1 aliphatic heterocycles. The number of fused-ring (bicyclic) bond motifs is 3. The van der Waals surface area contributed by atoms with E-state index in [-0.39, 0.29) is 23.1 Å². The van der Waals surface area contributed by atoms with E-state index in [0.29, 0.717) is 36.0 Å². The first-order valence-electron chi connectivity index (χ1n) is 8.43. The Bertz CT molecular complexity index is 1020. The second-order valence-corrected chi connectivity index (χ2v) is 6.52. The molecule has 1 aliphatic rings. The van der Waals surface area contributed by atoms with Crippen LogP contribution in [0.4, 0.5) is 13.2 Å². The Morgan fingerprint density at radius 1 is 1.27 bits per heavy atom. The Morgan fingerprint density at radius 3 is 2.77 bits per heavy atom. The van der Waals surface area contributed by atoms with Crippen LogP contribution in [0.1, 0.15) is 18.7 Å². The summed E-state index contributed by atoms with van der Waals surface area (Å²) in [7, 11) is 0. The van der Waals surface area contributed by atoms with Gasteiger partial charge in [0.1, 0.15) is 5.69 Å². The fraction of sp³-hybridized carbons (Fsp3) is 0.389. The number of nitrogens with zero attached hydrogens (tertiary/aromatic N) is 1. The number of aromatic nitrogens is 2. The molecule has 0 aliphatic carbocycles. The number of hydrogen-bond donors (Lipinski definition) is 2. The van der Waals surface area contributed by atoms with Crippen LogP contribution in [0, 0.1) is 0 Å². The Balaban J connectivity index is 2.06. The first-order chi connectivity index (χ1) is 12.4. The molecule has 5 nitrogen and oxygen atoms in total. The number of pyridine rings is 1. The standard InChI is InChI=1S/C18H18F3N3O2/c1-10(15-9-22-6-7-26-15)24-14-8-11(25)2-3-12(14)13-4-5-23-17(16(13)24)18(19,20)21/h2-5,8,10,15,22-23H,6-7,9H2,1H3. The van der Waals surface area contributed by atoms with Crippen LogP contribution in [0.5, 0.6) is 0 Å². The third-order valence-corrected chi connectivity index (χ3v) is 4.91. The lowest BCUT2D eigenvalue weighted by atomic mass is 10.1. The molecular formula is C18H18F3N3O2. The summed E-state index contributed by atoms with van der Waals surface area (Å²) in [6.45, 7) is 3.57. The smallest absolute Gasteiger partial charge is 0.373 e. The lowest BCUT2D eigenvalue weighted by molar-refractivity contribution is -0.140. The zero-order chi connectivity index (χ0) is 18.5. The maximum absolute atomic E-state index is 13.7. The van der Waals surface area contributed by atoms with E-state index in [1.54, 1.807) is 16.7 Å². The minimum atomic E-state index is -4.54. The number of rotatable bonds is 2. The normalized spacial score (nSPS) is 19.9. The number of halogens is 3. The molecule has 8 heteroatoms. The van der Waals surface area contributed by atoms with Crippen LogP contribution in [0.3, 0.4) is 0 Å². The third kappa shape index (κ3) is 2.69. The van der Waals surface area contributed by atoms with Gasteiger partial charge in [-0.05, 0) is 25.1 Å². The van der Waals surface area contributed by atoms with Crippen molar-refractivity contribution < 1.29 is 17.9 Å². The van der Waals surface area contributed by atoms with Crippen LogP contribution < -0.4 is 10.7 Å². The lowest BCUT2D eigenvalue weighted by Gasteiger charge is -2.31. The fourth-order valence-corrected chi connectivity index (χ4v) is 3.72. The number of benzene rings is 1. The van der Waals surface area contributed by atoms with Crippen LogP contribution in [0.25, 0.3) is 21.8 Å². The monoisotopic (exact) mass is 365 g/mol. The molecule has 1 fully saturated rings. The van der Waals surface area contributed by atoms with E-state index in [0.717, 1.165) is 0 Å². The van der Waals surface area contributed by atoms with Crippen molar-refractivity contribution in [1.29, 1.82) is 0 Å². The Morgan fingerprint density at radius 2 is 2.08 bits per heavy atom. The lowest BCUT2D eigenvalue weighted by Crippen LogP contribution is -2.42. The molecular weight excluding hydrogens is 347 g/mol. The van der Waals surface area contributed by atoms with Gasteiger partial charge in [-0.3, -0.25) is 4.79 Å². The molecule has 1 aromatic carbocycles. The molecule has 26 heavy (non-hydrogen) atoms. The second-order valence-electron chi connectivity index (χ2n) is 6.52. The average molecular weight is 365 g/mol. The Labute approximate surface area is 146 Å². The topological polar surface area (TPSA) is 59.0 Å². The number of aromatic amines is 1. The molecule has 0 bridgehead atoms. The molecule has 2 unspecified atom stereocenters. The second kappa shape index (κ2) is 6.14. The summed E-state index contributed by atoms with van der Waals surface area (Å²) in [6, 6.07) is 5.58. The SMILES string of the molecule is CC(C1CNCCO1)n1c2cc(=O)ccc2c2cc[nH]c(C(F)(F)F)c21. The summed E-state index contributed by atoms with van der Waals surface area (Å²) in [5, 5.41) is 4.28. The quantitative estimate of drug-likeness (QED) is 0.734. The van der Waals surface area contributed by atoms with Gasteiger partial charge in [-0.15, -0.1) is 0 Å². The Kier molecular flexibility index (Phi) is 4.04. The summed E-state index contributed by atoms with van der Waals surface area (Å²) in [4.78, 5) is 14.3. The number of nitrogens with one attached hydrogen (secondary N) is 2. The molecule has 0 saturated carbocycles. The van der Waals surface area contributed by atoms with Crippen molar-refractivity contribution in [2.24, 2.45) is 0 Å². The average Bonchev–Trinajstić information content (AvgIpc) is 2.94. The highest BCUT2D eigenvalue weighted by Gasteiger charge is 2.37. The van der Waals surface area contributed by atoms with Gasteiger partial charge < -0.3 is 19.6 Å². The van der Waals surface area contributed by atoms with Crippen molar-refractivity contribution in [3.05, 3.63) is 46.4 Å². The largest absolute Gasteiger partial charge is 0.433 e. The summed E-state index contributed by atoms with van der Waals surface area (Å²) in [6.07, 6.45) is -3.56. The molecule has 3 heterocycles. The van der Waals surface area contributed by atoms with Gasteiger partial charge >= 0.3 is 6.18 Å². The zero-order valence-electron chi connectivity index (χ0n) is 14.1. The van der Waals surface area contributed by atoms with E-state index < -0.39 is 11.9 Å². The van der Waals surface area contributed by atoms with Crippen LogP contribution >= 0.6 is 0 Å². The highest BCUT2D eigenvalue weighted by molar-refractivity contribution is 6.08. The van der Waals surface area contributed by atoms with Crippen molar-refractivity contribution in [3.63, 3.8) is 0 Å². The van der Waals surface area contributed by atoms with E-state index in [1.165, 1.54) is 18.3 Å². The van der Waals surface area contributed by atoms with Gasteiger partial charge in [-0.25, -0.2) is 0 Å². The maximum atomic E-state index is 13.7. The molecule has 2 aromatic heterocycles. The summed E-state index contributed by atoms with van der Waals surface area (Å²) >= 11 is 0. The first-order valence-corrected chi connectivity index (χ1v) is 8.43. The molecule has 0 radical (unpaired) electrons. The molecule has 0 amide bonds. The molecule has 4 rings (SSSR count). The van der Waals surface area contributed by atoms with Crippen molar-refractivity contribution >= 4 is 21.8 Å². The van der Waals surface area contributed by atoms with E-state index >= 15 is 0 Å². The predicted octanol–water partition coefficient (Wildman–Crippen LogP) is 3.05. The van der Waals surface area contributed by atoms with Gasteiger partial charge in [0.05, 0.1) is 29.8 Å². The van der Waals surface area contributed by atoms with Crippen molar-refractivity contribution in [2.75, 3.05) is 19.7 Å². The van der Waals surface area contributed by atoms with E-state index in [4.69, 9.17) is 4.74 Å². The number of morpholine rings is 1. The van der Waals surface area contributed by atoms with E-state index in [9.17, 15) is 18.0 Å². The minimum absolute atomic E-state index is 0.0438. The molecule has 1 saturated heterocycles. The van der Waals surface area contributed by atoms with E-state index in [1.807, 2.05) is 6.92 Å². The van der Waals surface area contributed by atoms with Crippen LogP contribution in [-0.4, -0.2) is 35.4 Å². The maximum Gasteiger partial charge on any atom is 0.433 e. The third-order valence-electron chi connectivity index (χ3n) is 4.91. The number of hydrogen-bond acceptors (Lipinski definition) is 3. The summed E-state index contributed by atoms with van der Waals surface area (Å²) < 4.78 is 48.3. The molecule has 138 valence electrons. The zero-order valence-corrected chi connectivity index (χ0v) is 14.1. The van der Waals surface area contributed by atoms with Gasteiger partial charge in [-0.1, -0.05) is 0 Å². The van der Waals surface area contributed by atoms with Gasteiger partial charge in [-0.2, -0.15) is 13.2 Å². The van der Waals surface area contributed by atoms with Gasteiger partial charge in [0.25, 0.3) is 0 Å². The highest BCUT2D eigenvalue weighted by atomic mass is 19.4. The summed E-state index contributed by atoms with van der Waals surface area (Å²) in [5.74, 6) is 0. The molecule has 0 spiro atoms. The molecule has 2 N–H and O–H groups in total. The van der Waals surface area contributed by atoms with Crippen molar-refractivity contribution in [2.45, 2.75) is 25.2 Å². The van der Waals surface area contributed by atoms with Crippen LogP contribution in [-0.2, 0) is 10.9 Å². The molecule has 3 aromatic rings. The van der Waals surface area contributed by atoms with Crippen LogP contribution in [0.15, 0.2) is 35.3 Å². The highest BCUT2D eigenvalue weighted by Crippen LogP contribution is 2.39. The van der Waals surface area contributed by atoms with Gasteiger partial charge in [0.2, 0.25) is 0 Å². The van der Waals surface area contributed by atoms with Crippen molar-refractivity contribution in [3.8, 4) is 0 Å². The molecule has 2 atom stereocenters. The fourth-order valence-electron chi connectivity index (χ4n) is 3.72. The van der Waals surface area contributed by atoms with Gasteiger partial charge in [0, 0.05) is 36.1 Å². The first kappa shape index (κ1) is 17.1. The van der Waals surface area contributed by atoms with Crippen molar-refractivity contribution in [1.82, 2.24) is 14.9 Å². The van der Waals surface area contributed by atoms with Crippen LogP contribution in [0.2, 0.25) is 0 Å². The Hall–Kier alpha value is -2.32. The number of H-pyrrole nitrogens is 1. The summed E-state index contributed by atoms with van der Waals surface area (Å²) in [5.41, 5.74) is -0.537. The minimum Gasteiger partial charge on any atom is -0.373 e.